The van der Waals surface area contributed by atoms with Gasteiger partial charge in [0.15, 0.2) is 0 Å². The van der Waals surface area contributed by atoms with Gasteiger partial charge in [0, 0.05) is 25.7 Å². The maximum Gasteiger partial charge on any atom is 0.226 e. The number of nitrogens with one attached hydrogen (secondary N) is 1. The summed E-state index contributed by atoms with van der Waals surface area (Å²) < 4.78 is 1.73. The minimum Gasteiger partial charge on any atom is -0.323 e. The number of hydrogen-bond donors (Lipinski definition) is 1. The second-order valence-corrected chi connectivity index (χ2v) is 5.85. The highest BCUT2D eigenvalue weighted by Gasteiger charge is 2.19. The summed E-state index contributed by atoms with van der Waals surface area (Å²) in [7, 11) is 1.86. The van der Waals surface area contributed by atoms with Crippen LogP contribution in [0.1, 0.15) is 44.7 Å². The van der Waals surface area contributed by atoms with Crippen molar-refractivity contribution in [2.24, 2.45) is 7.05 Å². The van der Waals surface area contributed by atoms with Crippen LogP contribution in [0.4, 0.5) is 5.69 Å². The van der Waals surface area contributed by atoms with E-state index in [2.05, 4.69) is 22.2 Å². The number of hydrogen-bond acceptors (Lipinski definition) is 3. The molecule has 1 aliphatic rings. The molecule has 20 heavy (non-hydrogen) atoms. The Labute approximate surface area is 121 Å². The van der Waals surface area contributed by atoms with E-state index in [-0.39, 0.29) is 5.91 Å². The lowest BCUT2D eigenvalue weighted by molar-refractivity contribution is -0.117. The summed E-state index contributed by atoms with van der Waals surface area (Å²) in [6.45, 7) is 6.32. The predicted octanol–water partition coefficient (Wildman–Crippen LogP) is 2.32. The first kappa shape index (κ1) is 15.0. The van der Waals surface area contributed by atoms with Gasteiger partial charge < -0.3 is 10.2 Å². The van der Waals surface area contributed by atoms with Crippen LogP contribution in [0, 0.1) is 6.92 Å². The molecule has 1 saturated heterocycles. The second kappa shape index (κ2) is 6.88. The van der Waals surface area contributed by atoms with Crippen LogP contribution in [0.5, 0.6) is 0 Å². The van der Waals surface area contributed by atoms with E-state index in [1.165, 1.54) is 25.7 Å². The fourth-order valence-corrected chi connectivity index (χ4v) is 2.86. The minimum atomic E-state index is 0.0813. The van der Waals surface area contributed by atoms with E-state index in [4.69, 9.17) is 0 Å². The van der Waals surface area contributed by atoms with Crippen LogP contribution in [-0.2, 0) is 11.8 Å². The second-order valence-electron chi connectivity index (χ2n) is 5.85. The Hall–Kier alpha value is -1.36. The van der Waals surface area contributed by atoms with Crippen molar-refractivity contribution in [3.63, 3.8) is 0 Å². The van der Waals surface area contributed by atoms with Crippen molar-refractivity contribution in [1.82, 2.24) is 14.7 Å². The Morgan fingerprint density at radius 2 is 2.00 bits per heavy atom. The lowest BCUT2D eigenvalue weighted by Crippen LogP contribution is -2.36. The average molecular weight is 278 g/mol. The largest absolute Gasteiger partial charge is 0.323 e. The van der Waals surface area contributed by atoms with Crippen LogP contribution in [0.15, 0.2) is 6.20 Å². The SMILES string of the molecule is Cc1nn(C)cc1NC(=O)CC(C)N1CCCCCC1. The number of carbonyl (C=O) groups is 1. The molecule has 5 nitrogen and oxygen atoms in total. The average Bonchev–Trinajstić information content (AvgIpc) is 2.60. The molecule has 0 aromatic carbocycles. The summed E-state index contributed by atoms with van der Waals surface area (Å²) in [6, 6.07) is 0.310. The highest BCUT2D eigenvalue weighted by atomic mass is 16.1. The van der Waals surface area contributed by atoms with E-state index in [0.717, 1.165) is 24.5 Å². The van der Waals surface area contributed by atoms with Gasteiger partial charge in [-0.25, -0.2) is 0 Å². The van der Waals surface area contributed by atoms with Crippen molar-refractivity contribution < 1.29 is 4.79 Å². The highest BCUT2D eigenvalue weighted by Crippen LogP contribution is 2.16. The number of aromatic nitrogens is 2. The summed E-state index contributed by atoms with van der Waals surface area (Å²) in [5.74, 6) is 0.0813. The molecule has 1 N–H and O–H groups in total. The van der Waals surface area contributed by atoms with Crippen LogP contribution >= 0.6 is 0 Å². The van der Waals surface area contributed by atoms with Gasteiger partial charge in [-0.3, -0.25) is 9.48 Å². The number of aryl methyl sites for hydroxylation is 2. The van der Waals surface area contributed by atoms with Gasteiger partial charge in [0.25, 0.3) is 0 Å². The number of carbonyl (C=O) groups excluding carboxylic acids is 1. The van der Waals surface area contributed by atoms with Crippen LogP contribution in [0.2, 0.25) is 0 Å². The topological polar surface area (TPSA) is 50.2 Å². The molecule has 2 heterocycles. The van der Waals surface area contributed by atoms with Crippen molar-refractivity contribution in [2.45, 2.75) is 52.0 Å². The minimum absolute atomic E-state index is 0.0813. The maximum absolute atomic E-state index is 12.1. The number of rotatable bonds is 4. The number of nitrogens with zero attached hydrogens (tertiary/aromatic N) is 3. The molecule has 112 valence electrons. The first-order chi connectivity index (χ1) is 9.56. The van der Waals surface area contributed by atoms with E-state index < -0.39 is 0 Å². The van der Waals surface area contributed by atoms with Gasteiger partial charge in [-0.15, -0.1) is 0 Å². The zero-order chi connectivity index (χ0) is 14.5. The molecule has 0 bridgehead atoms. The smallest absolute Gasteiger partial charge is 0.226 e. The standard InChI is InChI=1S/C15H26N4O/c1-12(19-8-6-4-5-7-9-19)10-15(20)16-14-11-18(3)17-13(14)2/h11-12H,4-10H2,1-3H3,(H,16,20). The third-order valence-corrected chi connectivity index (χ3v) is 4.03. The quantitative estimate of drug-likeness (QED) is 0.919. The summed E-state index contributed by atoms with van der Waals surface area (Å²) in [5.41, 5.74) is 1.68. The molecule has 0 saturated carbocycles. The lowest BCUT2D eigenvalue weighted by Gasteiger charge is -2.27. The number of likely N-dealkylation sites (tertiary alicyclic amines) is 1. The van der Waals surface area contributed by atoms with Gasteiger partial charge >= 0.3 is 0 Å². The van der Waals surface area contributed by atoms with Gasteiger partial charge in [0.1, 0.15) is 0 Å². The molecule has 5 heteroatoms. The van der Waals surface area contributed by atoms with Crippen LogP contribution in [0.3, 0.4) is 0 Å². The van der Waals surface area contributed by atoms with Crippen molar-refractivity contribution in [3.8, 4) is 0 Å². The van der Waals surface area contributed by atoms with Crippen molar-refractivity contribution in [2.75, 3.05) is 18.4 Å². The molecule has 0 radical (unpaired) electrons. The molecule has 1 aromatic heterocycles. The highest BCUT2D eigenvalue weighted by molar-refractivity contribution is 5.91. The molecule has 1 fully saturated rings. The van der Waals surface area contributed by atoms with Gasteiger partial charge in [0.2, 0.25) is 5.91 Å². The maximum atomic E-state index is 12.1. The first-order valence-corrected chi connectivity index (χ1v) is 7.60. The van der Waals surface area contributed by atoms with E-state index in [1.807, 2.05) is 20.2 Å². The third-order valence-electron chi connectivity index (χ3n) is 4.03. The zero-order valence-corrected chi connectivity index (χ0v) is 12.9. The summed E-state index contributed by atoms with van der Waals surface area (Å²) >= 11 is 0. The van der Waals surface area contributed by atoms with Crippen molar-refractivity contribution in [3.05, 3.63) is 11.9 Å². The molecule has 1 aliphatic heterocycles. The van der Waals surface area contributed by atoms with Gasteiger partial charge in [-0.2, -0.15) is 5.10 Å². The normalized spacial score (nSPS) is 18.6. The molecule has 1 amide bonds. The summed E-state index contributed by atoms with van der Waals surface area (Å²) in [5, 5.41) is 7.20. The fraction of sp³-hybridized carbons (Fsp3) is 0.733. The third kappa shape index (κ3) is 4.07. The predicted molar refractivity (Wildman–Crippen MR) is 80.7 cm³/mol. The molecule has 1 atom stereocenters. The summed E-state index contributed by atoms with van der Waals surface area (Å²) in [6.07, 6.45) is 7.56. The monoisotopic (exact) mass is 278 g/mol. The molecule has 1 unspecified atom stereocenters. The van der Waals surface area contributed by atoms with Crippen LogP contribution in [-0.4, -0.2) is 39.7 Å². The zero-order valence-electron chi connectivity index (χ0n) is 12.9. The Bertz CT molecular complexity index is 447. The Kier molecular flexibility index (Phi) is 5.17. The number of anilines is 1. The van der Waals surface area contributed by atoms with Gasteiger partial charge in [-0.05, 0) is 39.8 Å². The molecule has 0 aliphatic carbocycles. The Morgan fingerprint density at radius 3 is 2.55 bits per heavy atom. The molecule has 2 rings (SSSR count). The van der Waals surface area contributed by atoms with Gasteiger partial charge in [-0.1, -0.05) is 12.8 Å². The van der Waals surface area contributed by atoms with Crippen LogP contribution < -0.4 is 5.32 Å². The lowest BCUT2D eigenvalue weighted by atomic mass is 10.2. The Morgan fingerprint density at radius 1 is 1.35 bits per heavy atom. The molecule has 1 aromatic rings. The molecule has 0 spiro atoms. The van der Waals surface area contributed by atoms with Crippen molar-refractivity contribution >= 4 is 11.6 Å². The Balaban J connectivity index is 1.85. The number of amides is 1. The van der Waals surface area contributed by atoms with E-state index >= 15 is 0 Å². The first-order valence-electron chi connectivity index (χ1n) is 7.60. The molecular formula is C15H26N4O. The molecular weight excluding hydrogens is 252 g/mol. The van der Waals surface area contributed by atoms with Crippen LogP contribution in [0.25, 0.3) is 0 Å². The van der Waals surface area contributed by atoms with Crippen molar-refractivity contribution in [1.29, 1.82) is 0 Å². The van der Waals surface area contributed by atoms with Gasteiger partial charge in [0.05, 0.1) is 11.4 Å². The van der Waals surface area contributed by atoms with E-state index in [0.29, 0.717) is 12.5 Å². The van der Waals surface area contributed by atoms with E-state index in [9.17, 15) is 4.79 Å². The summed E-state index contributed by atoms with van der Waals surface area (Å²) in [4.78, 5) is 14.6. The fourth-order valence-electron chi connectivity index (χ4n) is 2.86. The van der Waals surface area contributed by atoms with E-state index in [1.54, 1.807) is 4.68 Å².